The number of anilines is 1. The van der Waals surface area contributed by atoms with Gasteiger partial charge in [-0.25, -0.2) is 0 Å². The number of piperidine rings is 1. The van der Waals surface area contributed by atoms with E-state index in [2.05, 4.69) is 21.8 Å². The monoisotopic (exact) mass is 300 g/mol. The average Bonchev–Trinajstić information content (AvgIpc) is 2.89. The molecule has 1 amide bonds. The second-order valence-electron chi connectivity index (χ2n) is 6.67. The maximum Gasteiger partial charge on any atom is 0.298 e. The van der Waals surface area contributed by atoms with Crippen molar-refractivity contribution < 1.29 is 9.21 Å². The van der Waals surface area contributed by atoms with Crippen molar-refractivity contribution in [1.82, 2.24) is 9.88 Å². The number of rotatable bonds is 2. The van der Waals surface area contributed by atoms with Crippen molar-refractivity contribution in [3.8, 4) is 0 Å². The maximum absolute atomic E-state index is 11.5. The number of carbonyl (C=O) groups excluding carboxylic acids is 1. The van der Waals surface area contributed by atoms with Crippen molar-refractivity contribution in [3.63, 3.8) is 0 Å². The van der Waals surface area contributed by atoms with E-state index in [-0.39, 0.29) is 0 Å². The van der Waals surface area contributed by atoms with Crippen LogP contribution in [0.25, 0.3) is 11.1 Å². The summed E-state index contributed by atoms with van der Waals surface area (Å²) >= 11 is 0. The molecule has 2 saturated heterocycles. The van der Waals surface area contributed by atoms with E-state index in [1.165, 1.54) is 12.8 Å². The molecule has 1 spiro atoms. The van der Waals surface area contributed by atoms with Crippen LogP contribution < -0.4 is 10.6 Å². The molecule has 2 aromatic rings. The molecule has 4 rings (SSSR count). The number of nitrogens with zero attached hydrogens (tertiary/aromatic N) is 3. The first-order valence-corrected chi connectivity index (χ1v) is 7.69. The topological polar surface area (TPSA) is 75.6 Å². The summed E-state index contributed by atoms with van der Waals surface area (Å²) in [6.07, 6.45) is 2.46. The lowest BCUT2D eigenvalue weighted by molar-refractivity contribution is 0.0870. The molecular weight excluding hydrogens is 280 g/mol. The Labute approximate surface area is 128 Å². The zero-order chi connectivity index (χ0) is 15.3. The van der Waals surface area contributed by atoms with E-state index in [0.29, 0.717) is 28.1 Å². The number of likely N-dealkylation sites (tertiary alicyclic amines) is 1. The van der Waals surface area contributed by atoms with Crippen LogP contribution in [0.1, 0.15) is 23.2 Å². The van der Waals surface area contributed by atoms with Crippen molar-refractivity contribution >= 4 is 23.0 Å². The first-order chi connectivity index (χ1) is 10.6. The van der Waals surface area contributed by atoms with Crippen LogP contribution in [-0.2, 0) is 0 Å². The van der Waals surface area contributed by atoms with Gasteiger partial charge in [0.15, 0.2) is 5.58 Å². The first kappa shape index (κ1) is 13.6. The summed E-state index contributed by atoms with van der Waals surface area (Å²) in [5.74, 6) is -0.471. The third kappa shape index (κ3) is 2.06. The van der Waals surface area contributed by atoms with Crippen molar-refractivity contribution in [2.75, 3.05) is 38.1 Å². The molecule has 0 aliphatic carbocycles. The van der Waals surface area contributed by atoms with Gasteiger partial charge in [0, 0.05) is 18.5 Å². The van der Waals surface area contributed by atoms with Gasteiger partial charge in [-0.15, -0.1) is 0 Å². The molecule has 1 aromatic carbocycles. The van der Waals surface area contributed by atoms with E-state index in [1.54, 1.807) is 12.1 Å². The van der Waals surface area contributed by atoms with E-state index in [4.69, 9.17) is 10.2 Å². The van der Waals surface area contributed by atoms with Gasteiger partial charge in [0.1, 0.15) is 5.52 Å². The summed E-state index contributed by atoms with van der Waals surface area (Å²) in [5.41, 5.74) is 7.42. The quantitative estimate of drug-likeness (QED) is 0.908. The molecule has 2 aliphatic rings. The van der Waals surface area contributed by atoms with Gasteiger partial charge in [-0.3, -0.25) is 4.79 Å². The standard InChI is InChI=1S/C16H20N4O2/c1-19-7-5-16(6-8-19)9-20(10-16)15-18-13-11(14(17)21)3-2-4-12(13)22-15/h2-4H,5-10H2,1H3,(H2,17,21). The Morgan fingerprint density at radius 3 is 2.73 bits per heavy atom. The molecule has 0 saturated carbocycles. The highest BCUT2D eigenvalue weighted by molar-refractivity contribution is 6.03. The van der Waals surface area contributed by atoms with Crippen LogP contribution in [0.15, 0.2) is 22.6 Å². The summed E-state index contributed by atoms with van der Waals surface area (Å²) in [6.45, 7) is 4.29. The molecule has 0 radical (unpaired) electrons. The van der Waals surface area contributed by atoms with Crippen LogP contribution in [0.5, 0.6) is 0 Å². The fourth-order valence-electron chi connectivity index (χ4n) is 3.58. The highest BCUT2D eigenvalue weighted by atomic mass is 16.4. The zero-order valence-corrected chi connectivity index (χ0v) is 12.7. The van der Waals surface area contributed by atoms with E-state index in [1.807, 2.05) is 6.07 Å². The Morgan fingerprint density at radius 2 is 2.05 bits per heavy atom. The number of primary amides is 1. The minimum atomic E-state index is -0.471. The molecular formula is C16H20N4O2. The van der Waals surface area contributed by atoms with Crippen LogP contribution in [0.2, 0.25) is 0 Å². The molecule has 22 heavy (non-hydrogen) atoms. The van der Waals surface area contributed by atoms with Crippen molar-refractivity contribution in [2.24, 2.45) is 11.1 Å². The summed E-state index contributed by atoms with van der Waals surface area (Å²) < 4.78 is 5.81. The third-order valence-electron chi connectivity index (χ3n) is 5.04. The van der Waals surface area contributed by atoms with Crippen LogP contribution in [-0.4, -0.2) is 49.0 Å². The molecule has 0 bridgehead atoms. The second kappa shape index (κ2) is 4.71. The molecule has 2 fully saturated rings. The van der Waals surface area contributed by atoms with Crippen LogP contribution in [0, 0.1) is 5.41 Å². The Balaban J connectivity index is 1.56. The summed E-state index contributed by atoms with van der Waals surface area (Å²) in [4.78, 5) is 20.5. The van der Waals surface area contributed by atoms with Crippen LogP contribution in [0.3, 0.4) is 0 Å². The van der Waals surface area contributed by atoms with Gasteiger partial charge < -0.3 is 20.0 Å². The van der Waals surface area contributed by atoms with Crippen LogP contribution >= 0.6 is 0 Å². The summed E-state index contributed by atoms with van der Waals surface area (Å²) in [7, 11) is 2.18. The van der Waals surface area contributed by atoms with Gasteiger partial charge in [0.05, 0.1) is 5.56 Å². The van der Waals surface area contributed by atoms with Crippen molar-refractivity contribution in [3.05, 3.63) is 23.8 Å². The van der Waals surface area contributed by atoms with Crippen molar-refractivity contribution in [2.45, 2.75) is 12.8 Å². The minimum Gasteiger partial charge on any atom is -0.423 e. The lowest BCUT2D eigenvalue weighted by atomic mass is 9.72. The number of oxazole rings is 1. The number of fused-ring (bicyclic) bond motifs is 1. The van der Waals surface area contributed by atoms with Gasteiger partial charge in [-0.05, 0) is 45.1 Å². The first-order valence-electron chi connectivity index (χ1n) is 7.69. The molecule has 0 atom stereocenters. The number of benzene rings is 1. The lowest BCUT2D eigenvalue weighted by Crippen LogP contribution is -2.60. The van der Waals surface area contributed by atoms with Gasteiger partial charge in [-0.1, -0.05) is 6.07 Å². The number of carbonyl (C=O) groups is 1. The van der Waals surface area contributed by atoms with Gasteiger partial charge in [0.25, 0.3) is 11.9 Å². The number of hydrogen-bond donors (Lipinski definition) is 1. The normalized spacial score (nSPS) is 21.2. The Morgan fingerprint density at radius 1 is 1.32 bits per heavy atom. The van der Waals surface area contributed by atoms with Gasteiger partial charge in [0.2, 0.25) is 0 Å². The molecule has 2 N–H and O–H groups in total. The Hall–Kier alpha value is -2.08. The van der Waals surface area contributed by atoms with Crippen LogP contribution in [0.4, 0.5) is 6.01 Å². The largest absolute Gasteiger partial charge is 0.423 e. The highest BCUT2D eigenvalue weighted by Crippen LogP contribution is 2.42. The van der Waals surface area contributed by atoms with Gasteiger partial charge in [-0.2, -0.15) is 4.98 Å². The fraction of sp³-hybridized carbons (Fsp3) is 0.500. The maximum atomic E-state index is 11.5. The predicted molar refractivity (Wildman–Crippen MR) is 83.9 cm³/mol. The second-order valence-corrected chi connectivity index (χ2v) is 6.67. The molecule has 1 aromatic heterocycles. The summed E-state index contributed by atoms with van der Waals surface area (Å²) in [6, 6.07) is 5.88. The Bertz CT molecular complexity index is 723. The van der Waals surface area contributed by atoms with Crippen molar-refractivity contribution in [1.29, 1.82) is 0 Å². The molecule has 6 nitrogen and oxygen atoms in total. The van der Waals surface area contributed by atoms with E-state index < -0.39 is 5.91 Å². The van der Waals surface area contributed by atoms with Gasteiger partial charge >= 0.3 is 0 Å². The lowest BCUT2D eigenvalue weighted by Gasteiger charge is -2.53. The fourth-order valence-corrected chi connectivity index (χ4v) is 3.58. The molecule has 3 heterocycles. The molecule has 0 unspecified atom stereocenters. The number of amides is 1. The highest BCUT2D eigenvalue weighted by Gasteiger charge is 2.46. The zero-order valence-electron chi connectivity index (χ0n) is 12.7. The average molecular weight is 300 g/mol. The number of nitrogens with two attached hydrogens (primary N) is 1. The van der Waals surface area contributed by atoms with E-state index >= 15 is 0 Å². The number of para-hydroxylation sites is 1. The third-order valence-corrected chi connectivity index (χ3v) is 5.04. The Kier molecular flexibility index (Phi) is 2.91. The number of aromatic nitrogens is 1. The van der Waals surface area contributed by atoms with E-state index in [9.17, 15) is 4.79 Å². The minimum absolute atomic E-state index is 0.416. The molecule has 116 valence electrons. The smallest absolute Gasteiger partial charge is 0.298 e. The molecule has 2 aliphatic heterocycles. The predicted octanol–water partition coefficient (Wildman–Crippen LogP) is 1.46. The summed E-state index contributed by atoms with van der Waals surface area (Å²) in [5, 5.41) is 0. The SMILES string of the molecule is CN1CCC2(CC1)CN(c1nc3c(C(N)=O)cccc3o1)C2. The number of hydrogen-bond acceptors (Lipinski definition) is 5. The molecule has 6 heteroatoms. The van der Waals surface area contributed by atoms with E-state index in [0.717, 1.165) is 26.2 Å².